The summed E-state index contributed by atoms with van der Waals surface area (Å²) in [4.78, 5) is 35.5. The normalized spacial score (nSPS) is 10.1. The predicted octanol–water partition coefficient (Wildman–Crippen LogP) is 3.24. The van der Waals surface area contributed by atoms with Gasteiger partial charge in [0, 0.05) is 25.1 Å². The average Bonchev–Trinajstić information content (AvgIpc) is 2.67. The van der Waals surface area contributed by atoms with Crippen molar-refractivity contribution in [3.05, 3.63) is 70.8 Å². The van der Waals surface area contributed by atoms with Crippen molar-refractivity contribution in [3.8, 4) is 0 Å². The Morgan fingerprint density at radius 1 is 0.889 bits per heavy atom. The first-order valence-electron chi connectivity index (χ1n) is 8.87. The number of Topliss-reactive ketones (excluding diaryl/α,β-unsaturated/α-hetero) is 1. The average molecular weight is 368 g/mol. The molecule has 0 saturated heterocycles. The van der Waals surface area contributed by atoms with Gasteiger partial charge in [0.1, 0.15) is 0 Å². The molecule has 6 heteroatoms. The van der Waals surface area contributed by atoms with Crippen LogP contribution in [-0.4, -0.2) is 30.9 Å². The van der Waals surface area contributed by atoms with Crippen molar-refractivity contribution in [2.75, 3.05) is 13.2 Å². The summed E-state index contributed by atoms with van der Waals surface area (Å²) < 4.78 is 4.92. The van der Waals surface area contributed by atoms with E-state index in [0.717, 1.165) is 11.1 Å². The molecule has 2 N–H and O–H groups in total. The van der Waals surface area contributed by atoms with Crippen molar-refractivity contribution in [1.29, 1.82) is 0 Å². The van der Waals surface area contributed by atoms with Gasteiger partial charge in [0.05, 0.1) is 12.2 Å². The van der Waals surface area contributed by atoms with E-state index < -0.39 is 0 Å². The maximum absolute atomic E-state index is 12.0. The van der Waals surface area contributed by atoms with Crippen LogP contribution >= 0.6 is 0 Å². The van der Waals surface area contributed by atoms with E-state index in [1.54, 1.807) is 43.3 Å². The van der Waals surface area contributed by atoms with Crippen LogP contribution in [0.1, 0.15) is 45.2 Å². The predicted molar refractivity (Wildman–Crippen MR) is 103 cm³/mol. The van der Waals surface area contributed by atoms with Crippen LogP contribution in [0.25, 0.3) is 0 Å². The van der Waals surface area contributed by atoms with Gasteiger partial charge >= 0.3 is 12.0 Å². The van der Waals surface area contributed by atoms with Gasteiger partial charge in [-0.25, -0.2) is 9.59 Å². The smallest absolute Gasteiger partial charge is 0.338 e. The number of esters is 1. The Hall–Kier alpha value is -3.15. The van der Waals surface area contributed by atoms with Crippen molar-refractivity contribution in [2.24, 2.45) is 0 Å². The second kappa shape index (κ2) is 10.1. The van der Waals surface area contributed by atoms with Gasteiger partial charge in [0.25, 0.3) is 0 Å². The highest BCUT2D eigenvalue weighted by atomic mass is 16.5. The van der Waals surface area contributed by atoms with Crippen LogP contribution in [0.5, 0.6) is 0 Å². The number of ketones is 1. The molecule has 0 saturated carbocycles. The third-order valence-corrected chi connectivity index (χ3v) is 3.93. The second-order valence-electron chi connectivity index (χ2n) is 6.07. The van der Waals surface area contributed by atoms with Gasteiger partial charge in [-0.15, -0.1) is 0 Å². The lowest BCUT2D eigenvalue weighted by molar-refractivity contribution is 0.0526. The standard InChI is InChI=1S/C21H24N2O4/c1-3-27-20(25)18-10-6-16(7-11-18)14-23-21(26)22-13-12-19(24)17-8-4-15(2)5-9-17/h4-11H,3,12-14H2,1-2H3,(H2,22,23,26). The Bertz CT molecular complexity index is 783. The van der Waals surface area contributed by atoms with Gasteiger partial charge in [0.15, 0.2) is 5.78 Å². The van der Waals surface area contributed by atoms with Crippen LogP contribution in [0.15, 0.2) is 48.5 Å². The minimum atomic E-state index is -0.368. The van der Waals surface area contributed by atoms with Crippen molar-refractivity contribution in [2.45, 2.75) is 26.8 Å². The summed E-state index contributed by atoms with van der Waals surface area (Å²) >= 11 is 0. The Morgan fingerprint density at radius 3 is 2.15 bits per heavy atom. The number of hydrogen-bond acceptors (Lipinski definition) is 4. The number of aryl methyl sites for hydroxylation is 1. The lowest BCUT2D eigenvalue weighted by atomic mass is 10.1. The molecule has 0 spiro atoms. The minimum Gasteiger partial charge on any atom is -0.462 e. The molecule has 0 radical (unpaired) electrons. The second-order valence-corrected chi connectivity index (χ2v) is 6.07. The summed E-state index contributed by atoms with van der Waals surface area (Å²) in [6.45, 7) is 4.63. The van der Waals surface area contributed by atoms with Gasteiger partial charge in [0.2, 0.25) is 0 Å². The molecule has 0 aliphatic heterocycles. The number of ether oxygens (including phenoxy) is 1. The van der Waals surface area contributed by atoms with E-state index >= 15 is 0 Å². The minimum absolute atomic E-state index is 0.00939. The van der Waals surface area contributed by atoms with Crippen LogP contribution in [-0.2, 0) is 11.3 Å². The van der Waals surface area contributed by atoms with E-state index in [1.165, 1.54) is 0 Å². The van der Waals surface area contributed by atoms with Gasteiger partial charge in [-0.05, 0) is 31.5 Å². The van der Waals surface area contributed by atoms with Crippen molar-refractivity contribution in [1.82, 2.24) is 10.6 Å². The first-order valence-corrected chi connectivity index (χ1v) is 8.87. The Kier molecular flexibility index (Phi) is 7.55. The number of nitrogens with one attached hydrogen (secondary N) is 2. The largest absolute Gasteiger partial charge is 0.462 e. The van der Waals surface area contributed by atoms with Crippen molar-refractivity contribution in [3.63, 3.8) is 0 Å². The summed E-state index contributed by atoms with van der Waals surface area (Å²) in [7, 11) is 0. The maximum Gasteiger partial charge on any atom is 0.338 e. The zero-order valence-electron chi connectivity index (χ0n) is 15.6. The zero-order chi connectivity index (χ0) is 19.6. The molecular weight excluding hydrogens is 344 g/mol. The number of rotatable bonds is 8. The molecule has 0 aromatic heterocycles. The molecule has 0 atom stereocenters. The van der Waals surface area contributed by atoms with E-state index in [1.807, 2.05) is 19.1 Å². The molecule has 27 heavy (non-hydrogen) atoms. The zero-order valence-corrected chi connectivity index (χ0v) is 15.6. The number of benzene rings is 2. The van der Waals surface area contributed by atoms with Gasteiger partial charge in [-0.2, -0.15) is 0 Å². The molecule has 2 rings (SSSR count). The van der Waals surface area contributed by atoms with Gasteiger partial charge in [-0.3, -0.25) is 4.79 Å². The van der Waals surface area contributed by atoms with E-state index in [0.29, 0.717) is 24.3 Å². The molecule has 2 amide bonds. The quantitative estimate of drug-likeness (QED) is 0.553. The van der Waals surface area contributed by atoms with Gasteiger partial charge < -0.3 is 15.4 Å². The molecule has 0 fully saturated rings. The Balaban J connectivity index is 1.70. The highest BCUT2D eigenvalue weighted by molar-refractivity contribution is 5.96. The number of carbonyl (C=O) groups is 3. The third-order valence-electron chi connectivity index (χ3n) is 3.93. The fraction of sp³-hybridized carbons (Fsp3) is 0.286. The first-order chi connectivity index (χ1) is 13.0. The fourth-order valence-corrected chi connectivity index (χ4v) is 2.39. The molecule has 0 aliphatic rings. The number of amides is 2. The number of urea groups is 1. The topological polar surface area (TPSA) is 84.5 Å². The molecule has 2 aromatic rings. The molecule has 0 heterocycles. The maximum atomic E-state index is 12.0. The summed E-state index contributed by atoms with van der Waals surface area (Å²) in [5, 5.41) is 5.38. The van der Waals surface area contributed by atoms with Crippen LogP contribution in [0.4, 0.5) is 4.79 Å². The molecule has 142 valence electrons. The molecule has 0 bridgehead atoms. The SMILES string of the molecule is CCOC(=O)c1ccc(CNC(=O)NCCC(=O)c2ccc(C)cc2)cc1. The first kappa shape index (κ1) is 20.2. The molecule has 0 unspecified atom stereocenters. The third kappa shape index (κ3) is 6.58. The van der Waals surface area contributed by atoms with E-state index in [4.69, 9.17) is 4.74 Å². The van der Waals surface area contributed by atoms with Crippen LogP contribution in [0.2, 0.25) is 0 Å². The molecule has 0 aliphatic carbocycles. The van der Waals surface area contributed by atoms with Gasteiger partial charge in [-0.1, -0.05) is 42.0 Å². The van der Waals surface area contributed by atoms with Crippen molar-refractivity contribution < 1.29 is 19.1 Å². The highest BCUT2D eigenvalue weighted by Gasteiger charge is 2.08. The van der Waals surface area contributed by atoms with Crippen LogP contribution < -0.4 is 10.6 Å². The summed E-state index contributed by atoms with van der Waals surface area (Å²) in [5.74, 6) is -0.377. The van der Waals surface area contributed by atoms with Crippen molar-refractivity contribution >= 4 is 17.8 Å². The van der Waals surface area contributed by atoms with E-state index in [9.17, 15) is 14.4 Å². The monoisotopic (exact) mass is 368 g/mol. The summed E-state index contributed by atoms with van der Waals surface area (Å²) in [5.41, 5.74) is 3.07. The number of hydrogen-bond donors (Lipinski definition) is 2. The van der Waals surface area contributed by atoms with Crippen LogP contribution in [0, 0.1) is 6.92 Å². The fourth-order valence-electron chi connectivity index (χ4n) is 2.39. The van der Waals surface area contributed by atoms with E-state index in [-0.39, 0.29) is 30.7 Å². The Morgan fingerprint density at radius 2 is 1.52 bits per heavy atom. The number of carbonyl (C=O) groups excluding carboxylic acids is 3. The summed E-state index contributed by atoms with van der Waals surface area (Å²) in [6.07, 6.45) is 0.241. The highest BCUT2D eigenvalue weighted by Crippen LogP contribution is 2.07. The molecular formula is C21H24N2O4. The molecule has 2 aromatic carbocycles. The lowest BCUT2D eigenvalue weighted by Crippen LogP contribution is -2.36. The summed E-state index contributed by atoms with van der Waals surface area (Å²) in [6, 6.07) is 13.8. The lowest BCUT2D eigenvalue weighted by Gasteiger charge is -2.08. The van der Waals surface area contributed by atoms with E-state index in [2.05, 4.69) is 10.6 Å². The van der Waals surface area contributed by atoms with Crippen LogP contribution in [0.3, 0.4) is 0 Å². The Labute approximate surface area is 158 Å². The molecule has 6 nitrogen and oxygen atoms in total.